The first-order chi connectivity index (χ1) is 10.3. The summed E-state index contributed by atoms with van der Waals surface area (Å²) < 4.78 is 17.1. The van der Waals surface area contributed by atoms with Crippen LogP contribution in [-0.4, -0.2) is 33.5 Å². The maximum Gasteiger partial charge on any atom is 0.127 e. The van der Waals surface area contributed by atoms with E-state index in [2.05, 4.69) is 12.2 Å². The predicted octanol–water partition coefficient (Wildman–Crippen LogP) is 3.31. The van der Waals surface area contributed by atoms with Crippen LogP contribution < -0.4 is 14.8 Å². The molecule has 4 heteroatoms. The van der Waals surface area contributed by atoms with Crippen molar-refractivity contribution in [3.8, 4) is 11.5 Å². The van der Waals surface area contributed by atoms with Crippen molar-refractivity contribution < 1.29 is 14.2 Å². The van der Waals surface area contributed by atoms with E-state index in [0.717, 1.165) is 49.5 Å². The molecule has 2 rings (SSSR count). The van der Waals surface area contributed by atoms with E-state index in [1.807, 2.05) is 18.2 Å². The fourth-order valence-electron chi connectivity index (χ4n) is 2.93. The first-order valence-corrected chi connectivity index (χ1v) is 7.87. The number of rotatable bonds is 7. The summed E-state index contributed by atoms with van der Waals surface area (Å²) in [6.07, 6.45) is 4.70. The Morgan fingerprint density at radius 3 is 2.48 bits per heavy atom. The van der Waals surface area contributed by atoms with Crippen molar-refractivity contribution in [1.29, 1.82) is 0 Å². The van der Waals surface area contributed by atoms with Gasteiger partial charge < -0.3 is 19.5 Å². The fraction of sp³-hybridized carbons (Fsp3) is 0.647. The van der Waals surface area contributed by atoms with Gasteiger partial charge >= 0.3 is 0 Å². The van der Waals surface area contributed by atoms with Gasteiger partial charge in [0.1, 0.15) is 11.5 Å². The summed E-state index contributed by atoms with van der Waals surface area (Å²) in [6.45, 7) is 3.96. The van der Waals surface area contributed by atoms with Crippen LogP contribution in [0.15, 0.2) is 18.2 Å². The van der Waals surface area contributed by atoms with E-state index in [0.29, 0.717) is 0 Å². The number of methoxy groups -OCH3 is 2. The molecule has 118 valence electrons. The molecule has 0 amide bonds. The molecule has 0 bridgehead atoms. The van der Waals surface area contributed by atoms with Crippen molar-refractivity contribution in [2.45, 2.75) is 44.8 Å². The third-order valence-electron chi connectivity index (χ3n) is 3.98. The van der Waals surface area contributed by atoms with Crippen LogP contribution >= 0.6 is 0 Å². The Morgan fingerprint density at radius 1 is 1.24 bits per heavy atom. The Morgan fingerprint density at radius 2 is 1.95 bits per heavy atom. The average Bonchev–Trinajstić information content (AvgIpc) is 2.56. The summed E-state index contributed by atoms with van der Waals surface area (Å²) in [6, 6.07) is 6.04. The summed E-state index contributed by atoms with van der Waals surface area (Å²) in [5.74, 6) is 1.72. The monoisotopic (exact) mass is 293 g/mol. The molecule has 0 saturated carbocycles. The highest BCUT2D eigenvalue weighted by Crippen LogP contribution is 2.38. The first kappa shape index (κ1) is 16.1. The van der Waals surface area contributed by atoms with E-state index in [4.69, 9.17) is 14.2 Å². The molecule has 4 nitrogen and oxygen atoms in total. The Bertz CT molecular complexity index is 408. The Hall–Kier alpha value is -1.26. The highest BCUT2D eigenvalue weighted by atomic mass is 16.5. The van der Waals surface area contributed by atoms with Gasteiger partial charge in [-0.25, -0.2) is 0 Å². The molecule has 21 heavy (non-hydrogen) atoms. The maximum atomic E-state index is 6.02. The lowest BCUT2D eigenvalue weighted by molar-refractivity contribution is -0.00905. The van der Waals surface area contributed by atoms with Crippen LogP contribution in [0.25, 0.3) is 0 Å². The number of hydrogen-bond donors (Lipinski definition) is 1. The molecule has 0 spiro atoms. The Labute approximate surface area is 127 Å². The van der Waals surface area contributed by atoms with Crippen molar-refractivity contribution in [3.63, 3.8) is 0 Å². The molecule has 1 aromatic carbocycles. The SMILES string of the molecule is CCCNC(c1c(OC)cccc1OC)C1CCCCO1. The zero-order chi connectivity index (χ0) is 15.1. The molecule has 1 aromatic rings. The van der Waals surface area contributed by atoms with Gasteiger partial charge in [0.05, 0.1) is 31.9 Å². The van der Waals surface area contributed by atoms with Crippen LogP contribution in [0.2, 0.25) is 0 Å². The van der Waals surface area contributed by atoms with Gasteiger partial charge in [-0.05, 0) is 44.4 Å². The van der Waals surface area contributed by atoms with E-state index in [-0.39, 0.29) is 12.1 Å². The lowest BCUT2D eigenvalue weighted by Gasteiger charge is -2.33. The molecule has 1 heterocycles. The second-order valence-corrected chi connectivity index (χ2v) is 5.41. The summed E-state index contributed by atoms with van der Waals surface area (Å²) in [5, 5.41) is 3.62. The zero-order valence-corrected chi connectivity index (χ0v) is 13.4. The molecule has 1 saturated heterocycles. The van der Waals surface area contributed by atoms with Gasteiger partial charge in [0, 0.05) is 6.61 Å². The molecule has 2 atom stereocenters. The number of ether oxygens (including phenoxy) is 3. The number of benzene rings is 1. The minimum absolute atomic E-state index is 0.108. The molecule has 0 aromatic heterocycles. The van der Waals surface area contributed by atoms with Gasteiger partial charge in [0.25, 0.3) is 0 Å². The van der Waals surface area contributed by atoms with Gasteiger partial charge in [0.15, 0.2) is 0 Å². The normalized spacial score (nSPS) is 20.0. The molecule has 1 aliphatic heterocycles. The summed E-state index contributed by atoms with van der Waals surface area (Å²) >= 11 is 0. The molecule has 1 aliphatic rings. The number of nitrogens with one attached hydrogen (secondary N) is 1. The predicted molar refractivity (Wildman–Crippen MR) is 84.2 cm³/mol. The largest absolute Gasteiger partial charge is 0.496 e. The van der Waals surface area contributed by atoms with E-state index >= 15 is 0 Å². The highest BCUT2D eigenvalue weighted by Gasteiger charge is 2.30. The van der Waals surface area contributed by atoms with Crippen molar-refractivity contribution >= 4 is 0 Å². The van der Waals surface area contributed by atoms with Crippen LogP contribution in [0.3, 0.4) is 0 Å². The van der Waals surface area contributed by atoms with E-state index in [9.17, 15) is 0 Å². The maximum absolute atomic E-state index is 6.02. The second kappa shape index (κ2) is 8.25. The van der Waals surface area contributed by atoms with Crippen LogP contribution in [-0.2, 0) is 4.74 Å². The lowest BCUT2D eigenvalue weighted by atomic mass is 9.94. The van der Waals surface area contributed by atoms with Crippen molar-refractivity contribution in [2.75, 3.05) is 27.4 Å². The molecule has 0 radical (unpaired) electrons. The third-order valence-corrected chi connectivity index (χ3v) is 3.98. The highest BCUT2D eigenvalue weighted by molar-refractivity contribution is 5.47. The zero-order valence-electron chi connectivity index (χ0n) is 13.4. The second-order valence-electron chi connectivity index (χ2n) is 5.41. The topological polar surface area (TPSA) is 39.7 Å². The van der Waals surface area contributed by atoms with Gasteiger partial charge in [-0.1, -0.05) is 13.0 Å². The summed E-state index contributed by atoms with van der Waals surface area (Å²) in [7, 11) is 3.41. The molecular weight excluding hydrogens is 266 g/mol. The molecule has 1 fully saturated rings. The van der Waals surface area contributed by atoms with Crippen molar-refractivity contribution in [1.82, 2.24) is 5.32 Å². The summed E-state index contributed by atoms with van der Waals surface area (Å²) in [4.78, 5) is 0. The van der Waals surface area contributed by atoms with E-state index in [1.54, 1.807) is 14.2 Å². The first-order valence-electron chi connectivity index (χ1n) is 7.87. The van der Waals surface area contributed by atoms with E-state index in [1.165, 1.54) is 6.42 Å². The molecule has 2 unspecified atom stereocenters. The van der Waals surface area contributed by atoms with Crippen LogP contribution in [0.4, 0.5) is 0 Å². The minimum atomic E-state index is 0.108. The molecular formula is C17H27NO3. The standard InChI is InChI=1S/C17H27NO3/c1-4-11-18-17(15-8-5-6-12-21-15)16-13(19-2)9-7-10-14(16)20-3/h7,9-10,15,17-18H,4-6,8,11-12H2,1-3H3. The van der Waals surface area contributed by atoms with Crippen LogP contribution in [0.5, 0.6) is 11.5 Å². The average molecular weight is 293 g/mol. The van der Waals surface area contributed by atoms with Gasteiger partial charge in [-0.3, -0.25) is 0 Å². The Kier molecular flexibility index (Phi) is 6.33. The van der Waals surface area contributed by atoms with Crippen LogP contribution in [0, 0.1) is 0 Å². The van der Waals surface area contributed by atoms with E-state index < -0.39 is 0 Å². The van der Waals surface area contributed by atoms with Crippen molar-refractivity contribution in [3.05, 3.63) is 23.8 Å². The third kappa shape index (κ3) is 3.89. The fourth-order valence-corrected chi connectivity index (χ4v) is 2.93. The quantitative estimate of drug-likeness (QED) is 0.837. The lowest BCUT2D eigenvalue weighted by Crippen LogP contribution is -2.36. The smallest absolute Gasteiger partial charge is 0.127 e. The van der Waals surface area contributed by atoms with Gasteiger partial charge in [0.2, 0.25) is 0 Å². The summed E-state index contributed by atoms with van der Waals surface area (Å²) in [5.41, 5.74) is 1.07. The minimum Gasteiger partial charge on any atom is -0.496 e. The van der Waals surface area contributed by atoms with Crippen molar-refractivity contribution in [2.24, 2.45) is 0 Å². The number of hydrogen-bond acceptors (Lipinski definition) is 4. The molecule has 0 aliphatic carbocycles. The van der Waals surface area contributed by atoms with Gasteiger partial charge in [-0.15, -0.1) is 0 Å². The van der Waals surface area contributed by atoms with Gasteiger partial charge in [-0.2, -0.15) is 0 Å². The van der Waals surface area contributed by atoms with Crippen LogP contribution in [0.1, 0.15) is 44.2 Å². The molecule has 1 N–H and O–H groups in total. The Balaban J connectivity index is 2.34.